The molecule has 1 aliphatic heterocycles. The molecule has 1 fully saturated rings. The third-order valence-electron chi connectivity index (χ3n) is 5.46. The minimum Gasteiger partial charge on any atom is -0.336 e. The van der Waals surface area contributed by atoms with Gasteiger partial charge in [-0.25, -0.2) is 4.68 Å². The summed E-state index contributed by atoms with van der Waals surface area (Å²) in [5.74, 6) is 0.394. The Balaban J connectivity index is 1.68. The summed E-state index contributed by atoms with van der Waals surface area (Å²) < 4.78 is 22.2. The Labute approximate surface area is 177 Å². The Hall–Kier alpha value is -2.80. The van der Waals surface area contributed by atoms with Gasteiger partial charge in [0.05, 0.1) is 23.2 Å². The minimum absolute atomic E-state index is 0.182. The second kappa shape index (κ2) is 7.47. The molecule has 2 heterocycles. The van der Waals surface area contributed by atoms with Gasteiger partial charge in [0.25, 0.3) is 0 Å². The van der Waals surface area contributed by atoms with E-state index in [1.165, 1.54) is 6.26 Å². The van der Waals surface area contributed by atoms with Crippen LogP contribution in [-0.2, 0) is 11.3 Å². The van der Waals surface area contributed by atoms with E-state index < -0.39 is 22.2 Å². The Bertz CT molecular complexity index is 1030. The van der Waals surface area contributed by atoms with Gasteiger partial charge >= 0.3 is 0 Å². The molecule has 0 spiro atoms. The third-order valence-corrected chi connectivity index (χ3v) is 6.73. The van der Waals surface area contributed by atoms with E-state index in [1.54, 1.807) is 11.1 Å². The fraction of sp³-hybridized carbons (Fsp3) is 0.381. The zero-order chi connectivity index (χ0) is 21.5. The Morgan fingerprint density at radius 2 is 2.07 bits per heavy atom. The molecule has 1 atom stereocenters. The summed E-state index contributed by atoms with van der Waals surface area (Å²) in [6.07, 6.45) is 4.46. The van der Waals surface area contributed by atoms with Crippen LogP contribution in [0.15, 0.2) is 47.5 Å². The van der Waals surface area contributed by atoms with Gasteiger partial charge in [0.1, 0.15) is 17.4 Å². The second-order valence-electron chi connectivity index (χ2n) is 8.03. The van der Waals surface area contributed by atoms with E-state index in [0.29, 0.717) is 30.1 Å². The number of anilines is 1. The Kier molecular flexibility index (Phi) is 5.10. The average Bonchev–Trinajstić information content (AvgIpc) is 3.15. The molecule has 9 heteroatoms. The molecule has 1 saturated carbocycles. The van der Waals surface area contributed by atoms with Gasteiger partial charge in [-0.05, 0) is 25.3 Å². The maximum absolute atomic E-state index is 13.1. The topological polar surface area (TPSA) is 114 Å². The first-order valence-electron chi connectivity index (χ1n) is 9.75. The van der Waals surface area contributed by atoms with Crippen LogP contribution in [-0.4, -0.2) is 42.6 Å². The van der Waals surface area contributed by atoms with E-state index in [0.717, 1.165) is 11.3 Å². The number of nitrogens with zero attached hydrogens (tertiary/aromatic N) is 4. The largest absolute Gasteiger partial charge is 0.336 e. The maximum atomic E-state index is 13.1. The molecule has 1 aliphatic carbocycles. The van der Waals surface area contributed by atoms with E-state index in [4.69, 9.17) is 0 Å². The molecule has 2 aliphatic rings. The maximum Gasteiger partial charge on any atom is 0.244 e. The smallest absolute Gasteiger partial charge is 0.244 e. The molecule has 0 saturated heterocycles. The average molecular weight is 428 g/mol. The van der Waals surface area contributed by atoms with E-state index >= 15 is 0 Å². The summed E-state index contributed by atoms with van der Waals surface area (Å²) in [7, 11) is -2.96. The predicted octanol–water partition coefficient (Wildman–Crippen LogP) is 3.21. The third kappa shape index (κ3) is 4.07. The normalized spacial score (nSPS) is 20.4. The molecule has 158 valence electrons. The van der Waals surface area contributed by atoms with Crippen LogP contribution in [0.1, 0.15) is 30.5 Å². The molecular formula is C21H25N5O3S. The first kappa shape index (κ1) is 20.5. The summed E-state index contributed by atoms with van der Waals surface area (Å²) in [5.41, 5.74) is 1.06. The van der Waals surface area contributed by atoms with Crippen LogP contribution in [0.3, 0.4) is 0 Å². The van der Waals surface area contributed by atoms with Crippen LogP contribution in [0, 0.1) is 18.3 Å². The van der Waals surface area contributed by atoms with Crippen LogP contribution in [0.4, 0.5) is 5.82 Å². The summed E-state index contributed by atoms with van der Waals surface area (Å²) in [4.78, 5) is 15.2. The zero-order valence-corrected chi connectivity index (χ0v) is 17.8. The Morgan fingerprint density at radius 1 is 1.37 bits per heavy atom. The zero-order valence-electron chi connectivity index (χ0n) is 16.9. The van der Waals surface area contributed by atoms with Gasteiger partial charge in [-0.3, -0.25) is 13.9 Å². The summed E-state index contributed by atoms with van der Waals surface area (Å²) in [6.45, 7) is 2.39. The van der Waals surface area contributed by atoms with Crippen molar-refractivity contribution in [2.45, 2.75) is 44.3 Å². The molecule has 2 aromatic rings. The number of benzene rings is 1. The lowest BCUT2D eigenvalue weighted by atomic mass is 10.1. The number of aryl methyl sites for hydroxylation is 1. The monoisotopic (exact) mass is 427 g/mol. The van der Waals surface area contributed by atoms with Crippen LogP contribution in [0.2, 0.25) is 0 Å². The van der Waals surface area contributed by atoms with Gasteiger partial charge in [0.2, 0.25) is 5.91 Å². The van der Waals surface area contributed by atoms with Crippen molar-refractivity contribution in [3.63, 3.8) is 0 Å². The van der Waals surface area contributed by atoms with Crippen molar-refractivity contribution in [1.29, 1.82) is 5.26 Å². The molecule has 0 radical (unpaired) electrons. The van der Waals surface area contributed by atoms with Crippen molar-refractivity contribution in [2.24, 2.45) is 0 Å². The lowest BCUT2D eigenvalue weighted by molar-refractivity contribution is -0.122. The van der Waals surface area contributed by atoms with E-state index in [9.17, 15) is 19.2 Å². The summed E-state index contributed by atoms with van der Waals surface area (Å²) >= 11 is 0. The molecule has 0 bridgehead atoms. The number of hydrogen-bond donors (Lipinski definition) is 3. The van der Waals surface area contributed by atoms with Crippen LogP contribution < -0.4 is 10.2 Å². The predicted molar refractivity (Wildman–Crippen MR) is 116 cm³/mol. The molecule has 4 rings (SSSR count). The summed E-state index contributed by atoms with van der Waals surface area (Å²) in [5, 5.41) is 16.8. The first-order chi connectivity index (χ1) is 14.2. The molecule has 30 heavy (non-hydrogen) atoms. The summed E-state index contributed by atoms with van der Waals surface area (Å²) in [6, 6.07) is 13.2. The van der Waals surface area contributed by atoms with E-state index in [-0.39, 0.29) is 12.3 Å². The number of carbonyl (C=O) groups is 1. The highest BCUT2D eigenvalue weighted by Gasteiger charge is 2.47. The molecule has 8 nitrogen and oxygen atoms in total. The van der Waals surface area contributed by atoms with Gasteiger partial charge in [-0.2, -0.15) is 21.0 Å². The van der Waals surface area contributed by atoms with E-state index in [1.807, 2.05) is 48.0 Å². The number of nitrogens with one attached hydrogen (secondary N) is 1. The van der Waals surface area contributed by atoms with Crippen molar-refractivity contribution in [3.8, 4) is 6.07 Å². The number of nitriles is 1. The highest BCUT2D eigenvalue weighted by atomic mass is 32.3. The lowest BCUT2D eigenvalue weighted by Gasteiger charge is -2.28. The molecule has 1 amide bonds. The number of aromatic nitrogens is 2. The fourth-order valence-corrected chi connectivity index (χ4v) is 4.40. The van der Waals surface area contributed by atoms with Crippen LogP contribution >= 0.6 is 10.6 Å². The van der Waals surface area contributed by atoms with E-state index in [2.05, 4.69) is 16.5 Å². The quantitative estimate of drug-likeness (QED) is 0.652. The SMILES string of the molecule is Cc1cc(N2C=C(S(C)(O)O)C[C@H]2C(=O)NC2(C#N)CC2)n(Cc2ccccc2)n1. The van der Waals surface area contributed by atoms with Crippen molar-refractivity contribution < 1.29 is 13.9 Å². The molecule has 1 aromatic heterocycles. The second-order valence-corrected chi connectivity index (χ2v) is 10.2. The van der Waals surface area contributed by atoms with Gasteiger partial charge in [0.15, 0.2) is 0 Å². The highest BCUT2D eigenvalue weighted by Crippen LogP contribution is 2.50. The molecular weight excluding hydrogens is 402 g/mol. The highest BCUT2D eigenvalue weighted by molar-refractivity contribution is 8.27. The number of amides is 1. The van der Waals surface area contributed by atoms with Crippen molar-refractivity contribution in [3.05, 3.63) is 58.8 Å². The molecule has 0 unspecified atom stereocenters. The number of carbonyl (C=O) groups excluding carboxylic acids is 1. The number of hydrogen-bond acceptors (Lipinski definition) is 6. The van der Waals surface area contributed by atoms with Gasteiger partial charge in [-0.15, -0.1) is 0 Å². The van der Waals surface area contributed by atoms with Crippen molar-refractivity contribution in [1.82, 2.24) is 15.1 Å². The van der Waals surface area contributed by atoms with Crippen LogP contribution in [0.25, 0.3) is 0 Å². The fourth-order valence-electron chi connectivity index (χ4n) is 3.61. The standard InChI is InChI=1S/C21H25N5O3S/c1-15-10-19(26(24-15)12-16-6-4-3-5-7-16)25-13-17(30(2,28)29)11-18(25)20(27)23-21(14-22)8-9-21/h3-7,10,13,18,28-29H,8-9,11-12H2,1-2H3,(H,23,27)/t18-/m0/s1. The first-order valence-corrected chi connectivity index (χ1v) is 11.7. The lowest BCUT2D eigenvalue weighted by Crippen LogP contribution is -2.47. The van der Waals surface area contributed by atoms with Crippen molar-refractivity contribution >= 4 is 22.3 Å². The minimum atomic E-state index is -2.96. The Morgan fingerprint density at radius 3 is 2.67 bits per heavy atom. The van der Waals surface area contributed by atoms with Crippen molar-refractivity contribution in [2.75, 3.05) is 11.2 Å². The van der Waals surface area contributed by atoms with Gasteiger partial charge in [-0.1, -0.05) is 30.3 Å². The van der Waals surface area contributed by atoms with Crippen LogP contribution in [0.5, 0.6) is 0 Å². The van der Waals surface area contributed by atoms with Gasteiger partial charge in [0, 0.05) is 24.9 Å². The van der Waals surface area contributed by atoms with Gasteiger partial charge < -0.3 is 10.2 Å². The molecule has 3 N–H and O–H groups in total. The molecule has 1 aromatic carbocycles. The number of rotatable bonds is 6.